The number of ketones is 2. The number of imidazole rings is 1. The molecule has 1 unspecified atom stereocenters. The summed E-state index contributed by atoms with van der Waals surface area (Å²) in [4.78, 5) is 29.7. The Morgan fingerprint density at radius 1 is 1.06 bits per heavy atom. The molecule has 0 radical (unpaired) electrons. The van der Waals surface area contributed by atoms with E-state index in [9.17, 15) is 9.59 Å². The highest BCUT2D eigenvalue weighted by molar-refractivity contribution is 6.09. The predicted molar refractivity (Wildman–Crippen MR) is 126 cm³/mol. The van der Waals surface area contributed by atoms with Crippen LogP contribution in [0.5, 0.6) is 0 Å². The lowest BCUT2D eigenvalue weighted by atomic mass is 9.83. The lowest BCUT2D eigenvalue weighted by molar-refractivity contribution is -0.118. The van der Waals surface area contributed by atoms with Gasteiger partial charge in [0.1, 0.15) is 5.65 Å². The minimum absolute atomic E-state index is 0.0132. The van der Waals surface area contributed by atoms with Gasteiger partial charge < -0.3 is 4.40 Å². The van der Waals surface area contributed by atoms with Crippen LogP contribution in [-0.4, -0.2) is 21.0 Å². The van der Waals surface area contributed by atoms with Crippen molar-refractivity contribution in [1.82, 2.24) is 9.38 Å². The van der Waals surface area contributed by atoms with E-state index in [1.54, 1.807) is 0 Å². The molecule has 0 saturated carbocycles. The molecular formula is C28H26N2O2. The van der Waals surface area contributed by atoms with Gasteiger partial charge in [-0.3, -0.25) is 9.59 Å². The number of pyridine rings is 1. The van der Waals surface area contributed by atoms with Crippen molar-refractivity contribution in [3.05, 3.63) is 107 Å². The van der Waals surface area contributed by atoms with E-state index >= 15 is 0 Å². The topological polar surface area (TPSA) is 51.4 Å². The van der Waals surface area contributed by atoms with E-state index in [0.29, 0.717) is 18.4 Å². The van der Waals surface area contributed by atoms with Gasteiger partial charge in [-0.1, -0.05) is 54.2 Å². The van der Waals surface area contributed by atoms with Gasteiger partial charge in [0.05, 0.1) is 11.6 Å². The molecule has 0 bridgehead atoms. The first kappa shape index (κ1) is 20.4. The third-order valence-corrected chi connectivity index (χ3v) is 6.29. The fraction of sp³-hybridized carbons (Fsp3) is 0.250. The van der Waals surface area contributed by atoms with E-state index in [1.807, 2.05) is 42.6 Å². The van der Waals surface area contributed by atoms with Crippen LogP contribution in [0.1, 0.15) is 36.9 Å². The van der Waals surface area contributed by atoms with Gasteiger partial charge in [0, 0.05) is 24.4 Å². The second kappa shape index (κ2) is 8.91. The van der Waals surface area contributed by atoms with Crippen molar-refractivity contribution in [3.63, 3.8) is 0 Å². The van der Waals surface area contributed by atoms with Crippen LogP contribution in [0.4, 0.5) is 0 Å². The van der Waals surface area contributed by atoms with Crippen LogP contribution < -0.4 is 0 Å². The van der Waals surface area contributed by atoms with Crippen molar-refractivity contribution >= 4 is 17.2 Å². The lowest BCUT2D eigenvalue weighted by Crippen LogP contribution is -2.19. The molecule has 0 fully saturated rings. The van der Waals surface area contributed by atoms with Crippen LogP contribution in [0.3, 0.4) is 0 Å². The molecule has 4 heteroatoms. The number of allylic oxidation sites excluding steroid dienone is 12. The van der Waals surface area contributed by atoms with E-state index in [1.165, 1.54) is 17.2 Å². The van der Waals surface area contributed by atoms with E-state index in [4.69, 9.17) is 0 Å². The Morgan fingerprint density at radius 3 is 2.88 bits per heavy atom. The number of aryl methyl sites for hydroxylation is 2. The molecule has 3 aliphatic rings. The summed E-state index contributed by atoms with van der Waals surface area (Å²) in [6.45, 7) is 0. The molecule has 3 aliphatic carbocycles. The van der Waals surface area contributed by atoms with Crippen molar-refractivity contribution in [1.29, 1.82) is 0 Å². The van der Waals surface area contributed by atoms with Crippen LogP contribution in [-0.2, 0) is 22.4 Å². The molecule has 4 nitrogen and oxygen atoms in total. The second-order valence-corrected chi connectivity index (χ2v) is 8.64. The van der Waals surface area contributed by atoms with Gasteiger partial charge in [0.2, 0.25) is 0 Å². The SMILES string of the molecule is O=C(CCc1cn2cc(CCCC3=CC=CC3)ccc2n1)C1=CC(=O)C2C=CC=CC2=C1. The highest BCUT2D eigenvalue weighted by Crippen LogP contribution is 2.27. The fourth-order valence-electron chi connectivity index (χ4n) is 4.52. The molecule has 0 amide bonds. The number of aromatic nitrogens is 2. The summed E-state index contributed by atoms with van der Waals surface area (Å²) in [7, 11) is 0. The number of hydrogen-bond acceptors (Lipinski definition) is 3. The zero-order valence-corrected chi connectivity index (χ0v) is 18.0. The smallest absolute Gasteiger partial charge is 0.167 e. The minimum atomic E-state index is -0.240. The average molecular weight is 423 g/mol. The van der Waals surface area contributed by atoms with Gasteiger partial charge >= 0.3 is 0 Å². The number of nitrogens with zero attached hydrogens (tertiary/aromatic N) is 2. The first-order valence-electron chi connectivity index (χ1n) is 11.3. The first-order valence-corrected chi connectivity index (χ1v) is 11.3. The van der Waals surface area contributed by atoms with Gasteiger partial charge in [0.25, 0.3) is 0 Å². The number of fused-ring (bicyclic) bond motifs is 2. The van der Waals surface area contributed by atoms with Crippen molar-refractivity contribution in [3.8, 4) is 0 Å². The molecule has 0 N–H and O–H groups in total. The number of Topliss-reactive ketones (excluding diaryl/α,β-unsaturated/α-hetero) is 1. The minimum Gasteiger partial charge on any atom is -0.307 e. The maximum absolute atomic E-state index is 12.7. The highest BCUT2D eigenvalue weighted by Gasteiger charge is 2.25. The molecule has 0 saturated heterocycles. The largest absolute Gasteiger partial charge is 0.307 e. The summed E-state index contributed by atoms with van der Waals surface area (Å²) in [5.74, 6) is -0.274. The quantitative estimate of drug-likeness (QED) is 0.586. The Bertz CT molecular complexity index is 1260. The highest BCUT2D eigenvalue weighted by atomic mass is 16.1. The van der Waals surface area contributed by atoms with Crippen LogP contribution >= 0.6 is 0 Å². The maximum Gasteiger partial charge on any atom is 0.167 e. The molecule has 2 aromatic rings. The van der Waals surface area contributed by atoms with Gasteiger partial charge in [-0.25, -0.2) is 4.98 Å². The number of hydrogen-bond donors (Lipinski definition) is 0. The van der Waals surface area contributed by atoms with Crippen LogP contribution in [0, 0.1) is 5.92 Å². The summed E-state index contributed by atoms with van der Waals surface area (Å²) >= 11 is 0. The van der Waals surface area contributed by atoms with Crippen molar-refractivity contribution in [2.75, 3.05) is 0 Å². The summed E-state index contributed by atoms with van der Waals surface area (Å²) in [5, 5.41) is 0. The van der Waals surface area contributed by atoms with Crippen LogP contribution in [0.2, 0.25) is 0 Å². The summed E-state index contributed by atoms with van der Waals surface area (Å²) < 4.78 is 2.06. The molecule has 160 valence electrons. The molecule has 2 heterocycles. The molecule has 1 atom stereocenters. The Kier molecular flexibility index (Phi) is 5.68. The molecule has 0 aromatic carbocycles. The zero-order valence-electron chi connectivity index (χ0n) is 18.0. The fourth-order valence-corrected chi connectivity index (χ4v) is 4.52. The van der Waals surface area contributed by atoms with Gasteiger partial charge in [-0.05, 0) is 61.5 Å². The van der Waals surface area contributed by atoms with Gasteiger partial charge in [-0.2, -0.15) is 0 Å². The standard InChI is InChI=1S/C28H26N2O2/c31-26(23-16-22-10-3-4-11-25(22)27(32)17-23)14-13-24-19-30-18-21(12-15-28(30)29-24)9-5-8-20-6-1-2-7-20/h1-4,6,10-12,15-19,25H,5,7-9,13-14H2. The number of rotatable bonds is 8. The zero-order chi connectivity index (χ0) is 21.9. The normalized spacial score (nSPS) is 19.2. The van der Waals surface area contributed by atoms with Crippen LogP contribution in [0.25, 0.3) is 5.65 Å². The molecule has 2 aromatic heterocycles. The molecule has 5 rings (SSSR count). The van der Waals surface area contributed by atoms with Gasteiger partial charge in [0.15, 0.2) is 11.6 Å². The lowest BCUT2D eigenvalue weighted by Gasteiger charge is -2.19. The number of carbonyl (C=O) groups is 2. The average Bonchev–Trinajstić information content (AvgIpc) is 3.47. The summed E-state index contributed by atoms with van der Waals surface area (Å²) in [5.41, 5.74) is 5.99. The Labute approximate surface area is 188 Å². The monoisotopic (exact) mass is 422 g/mol. The Morgan fingerprint density at radius 2 is 2.00 bits per heavy atom. The predicted octanol–water partition coefficient (Wildman–Crippen LogP) is 5.22. The van der Waals surface area contributed by atoms with E-state index in [2.05, 4.69) is 39.9 Å². The third kappa shape index (κ3) is 4.40. The summed E-state index contributed by atoms with van der Waals surface area (Å²) in [6.07, 6.45) is 27.0. The molecule has 0 spiro atoms. The van der Waals surface area contributed by atoms with Crippen LogP contribution in [0.15, 0.2) is 95.9 Å². The molecule has 32 heavy (non-hydrogen) atoms. The van der Waals surface area contributed by atoms with Gasteiger partial charge in [-0.15, -0.1) is 0 Å². The summed E-state index contributed by atoms with van der Waals surface area (Å²) in [6, 6.07) is 4.19. The van der Waals surface area contributed by atoms with E-state index in [0.717, 1.165) is 42.6 Å². The Balaban J connectivity index is 1.19. The van der Waals surface area contributed by atoms with Crippen molar-refractivity contribution in [2.45, 2.75) is 38.5 Å². The third-order valence-electron chi connectivity index (χ3n) is 6.29. The maximum atomic E-state index is 12.7. The van der Waals surface area contributed by atoms with Crippen molar-refractivity contribution < 1.29 is 9.59 Å². The Hall–Kier alpha value is -3.53. The van der Waals surface area contributed by atoms with E-state index in [-0.39, 0.29) is 17.5 Å². The second-order valence-electron chi connectivity index (χ2n) is 8.64. The molecular weight excluding hydrogens is 396 g/mol. The first-order chi connectivity index (χ1) is 15.7. The number of carbonyl (C=O) groups excluding carboxylic acids is 2. The molecule has 0 aliphatic heterocycles. The van der Waals surface area contributed by atoms with E-state index < -0.39 is 0 Å². The van der Waals surface area contributed by atoms with Crippen molar-refractivity contribution in [2.24, 2.45) is 5.92 Å².